The van der Waals surface area contributed by atoms with Crippen molar-refractivity contribution in [2.75, 3.05) is 13.1 Å². The number of carbonyl (C=O) groups is 2. The summed E-state index contributed by atoms with van der Waals surface area (Å²) in [4.78, 5) is 23.4. The maximum Gasteiger partial charge on any atom is 0.307 e. The van der Waals surface area contributed by atoms with Crippen molar-refractivity contribution in [2.24, 2.45) is 0 Å². The molecule has 0 aromatic carbocycles. The number of rotatable bonds is 16. The van der Waals surface area contributed by atoms with Gasteiger partial charge in [0.1, 0.15) is 0 Å². The maximum absolute atomic E-state index is 11.7. The van der Waals surface area contributed by atoms with E-state index in [-0.39, 0.29) is 24.4 Å². The summed E-state index contributed by atoms with van der Waals surface area (Å²) >= 11 is 0. The van der Waals surface area contributed by atoms with Crippen LogP contribution in [-0.2, 0) is 19.1 Å². The molecule has 0 aliphatic heterocycles. The van der Waals surface area contributed by atoms with Gasteiger partial charge in [-0.15, -0.1) is 0 Å². The lowest BCUT2D eigenvalue weighted by atomic mass is 10.1. The average molecular weight is 359 g/mol. The van der Waals surface area contributed by atoms with Crippen LogP contribution in [-0.4, -0.2) is 37.5 Å². The van der Waals surface area contributed by atoms with Gasteiger partial charge in [-0.25, -0.2) is 0 Å². The largest absolute Gasteiger partial charge is 0.447 e. The summed E-state index contributed by atoms with van der Waals surface area (Å²) in [6.07, 6.45) is 6.81. The summed E-state index contributed by atoms with van der Waals surface area (Å²) in [5, 5.41) is 6.25. The second-order valence-corrected chi connectivity index (χ2v) is 6.16. The molecule has 6 nitrogen and oxygen atoms in total. The molecule has 0 aliphatic rings. The van der Waals surface area contributed by atoms with E-state index in [0.29, 0.717) is 12.8 Å². The zero-order valence-corrected chi connectivity index (χ0v) is 16.6. The lowest BCUT2D eigenvalue weighted by molar-refractivity contribution is -0.151. The highest BCUT2D eigenvalue weighted by molar-refractivity contribution is 5.69. The smallest absolute Gasteiger partial charge is 0.307 e. The van der Waals surface area contributed by atoms with Crippen LogP contribution in [0.25, 0.3) is 0 Å². The van der Waals surface area contributed by atoms with Crippen molar-refractivity contribution in [1.29, 1.82) is 0 Å². The average Bonchev–Trinajstić information content (AvgIpc) is 2.60. The number of esters is 2. The van der Waals surface area contributed by atoms with Gasteiger partial charge in [0.25, 0.3) is 0 Å². The molecule has 6 heteroatoms. The number of ether oxygens (including phenoxy) is 2. The standard InChI is InChI=1S/C19H38N2O4/c1-5-16(20-7-3)24-18(22)14-12-10-9-11-13-15-19(23)25-17(6-2)21-8-4/h16-17,20-21H,5-15H2,1-4H3. The fourth-order valence-corrected chi connectivity index (χ4v) is 2.50. The molecule has 0 saturated heterocycles. The van der Waals surface area contributed by atoms with Crippen LogP contribution < -0.4 is 10.6 Å². The molecule has 0 aliphatic carbocycles. The number of carbonyl (C=O) groups excluding carboxylic acids is 2. The molecule has 0 bridgehead atoms. The quantitative estimate of drug-likeness (QED) is 0.250. The molecule has 0 aromatic rings. The third-order valence-electron chi connectivity index (χ3n) is 3.91. The van der Waals surface area contributed by atoms with E-state index in [1.807, 2.05) is 27.7 Å². The van der Waals surface area contributed by atoms with Crippen molar-refractivity contribution in [1.82, 2.24) is 10.6 Å². The van der Waals surface area contributed by atoms with Gasteiger partial charge in [0, 0.05) is 12.8 Å². The van der Waals surface area contributed by atoms with E-state index in [0.717, 1.165) is 58.0 Å². The summed E-state index contributed by atoms with van der Waals surface area (Å²) in [5.74, 6) is -0.268. The zero-order valence-electron chi connectivity index (χ0n) is 16.6. The molecule has 0 fully saturated rings. The molecule has 2 atom stereocenters. The first kappa shape index (κ1) is 23.9. The predicted molar refractivity (Wildman–Crippen MR) is 100 cm³/mol. The van der Waals surface area contributed by atoms with Gasteiger partial charge in [0.05, 0.1) is 0 Å². The second-order valence-electron chi connectivity index (χ2n) is 6.16. The van der Waals surface area contributed by atoms with Crippen molar-refractivity contribution < 1.29 is 19.1 Å². The first-order chi connectivity index (χ1) is 12.1. The summed E-state index contributed by atoms with van der Waals surface area (Å²) < 4.78 is 10.7. The molecule has 0 aromatic heterocycles. The van der Waals surface area contributed by atoms with Crippen LogP contribution in [0, 0.1) is 0 Å². The molecule has 2 unspecified atom stereocenters. The number of hydrogen-bond donors (Lipinski definition) is 2. The van der Waals surface area contributed by atoms with Crippen LogP contribution in [0.15, 0.2) is 0 Å². The fourth-order valence-electron chi connectivity index (χ4n) is 2.50. The number of unbranched alkanes of at least 4 members (excludes halogenated alkanes) is 4. The van der Waals surface area contributed by atoms with Gasteiger partial charge < -0.3 is 9.47 Å². The lowest BCUT2D eigenvalue weighted by Gasteiger charge is -2.16. The van der Waals surface area contributed by atoms with Crippen LogP contribution in [0.2, 0.25) is 0 Å². The van der Waals surface area contributed by atoms with Crippen molar-refractivity contribution in [3.63, 3.8) is 0 Å². The summed E-state index contributed by atoms with van der Waals surface area (Å²) in [6, 6.07) is 0. The molecule has 0 saturated carbocycles. The van der Waals surface area contributed by atoms with Crippen molar-refractivity contribution in [3.05, 3.63) is 0 Å². The third kappa shape index (κ3) is 13.8. The Morgan fingerprint density at radius 3 is 1.36 bits per heavy atom. The molecule has 0 radical (unpaired) electrons. The molecule has 148 valence electrons. The molecule has 0 rings (SSSR count). The SMILES string of the molecule is CCNC(CC)OC(=O)CCCCCCCC(=O)OC(CC)NCC. The minimum Gasteiger partial charge on any atom is -0.447 e. The minimum absolute atomic E-state index is 0.134. The predicted octanol–water partition coefficient (Wildman–Crippen LogP) is 3.49. The van der Waals surface area contributed by atoms with Crippen LogP contribution in [0.1, 0.15) is 85.5 Å². The van der Waals surface area contributed by atoms with Gasteiger partial charge in [0.2, 0.25) is 0 Å². The Balaban J connectivity index is 3.60. The molecule has 0 amide bonds. The first-order valence-electron chi connectivity index (χ1n) is 9.92. The normalized spacial score (nSPS) is 13.3. The molecule has 0 spiro atoms. The van der Waals surface area contributed by atoms with E-state index in [2.05, 4.69) is 10.6 Å². The van der Waals surface area contributed by atoms with Gasteiger partial charge in [-0.05, 0) is 38.8 Å². The molecular formula is C19H38N2O4. The van der Waals surface area contributed by atoms with E-state index in [4.69, 9.17) is 9.47 Å². The Bertz CT molecular complexity index is 318. The Kier molecular flexibility index (Phi) is 15.6. The van der Waals surface area contributed by atoms with Gasteiger partial charge >= 0.3 is 11.9 Å². The Labute approximate surface area is 153 Å². The highest BCUT2D eigenvalue weighted by Gasteiger charge is 2.11. The topological polar surface area (TPSA) is 76.7 Å². The number of nitrogens with one attached hydrogen (secondary N) is 2. The van der Waals surface area contributed by atoms with E-state index in [1.165, 1.54) is 0 Å². The minimum atomic E-state index is -0.169. The molecule has 2 N–H and O–H groups in total. The van der Waals surface area contributed by atoms with E-state index in [1.54, 1.807) is 0 Å². The Hall–Kier alpha value is -1.14. The van der Waals surface area contributed by atoms with Crippen LogP contribution in [0.3, 0.4) is 0 Å². The van der Waals surface area contributed by atoms with Crippen LogP contribution in [0.4, 0.5) is 0 Å². The maximum atomic E-state index is 11.7. The zero-order chi connectivity index (χ0) is 18.9. The van der Waals surface area contributed by atoms with Crippen molar-refractivity contribution in [2.45, 2.75) is 97.9 Å². The van der Waals surface area contributed by atoms with Gasteiger partial charge in [-0.1, -0.05) is 47.0 Å². The molecular weight excluding hydrogens is 320 g/mol. The fraction of sp³-hybridized carbons (Fsp3) is 0.895. The van der Waals surface area contributed by atoms with Crippen molar-refractivity contribution in [3.8, 4) is 0 Å². The van der Waals surface area contributed by atoms with Crippen molar-refractivity contribution >= 4 is 11.9 Å². The lowest BCUT2D eigenvalue weighted by Crippen LogP contribution is -2.33. The van der Waals surface area contributed by atoms with Gasteiger partial charge in [-0.2, -0.15) is 0 Å². The third-order valence-corrected chi connectivity index (χ3v) is 3.91. The first-order valence-corrected chi connectivity index (χ1v) is 9.92. The second kappa shape index (κ2) is 16.3. The van der Waals surface area contributed by atoms with E-state index in [9.17, 15) is 9.59 Å². The Morgan fingerprint density at radius 2 is 1.04 bits per heavy atom. The van der Waals surface area contributed by atoms with E-state index >= 15 is 0 Å². The monoisotopic (exact) mass is 358 g/mol. The Morgan fingerprint density at radius 1 is 0.680 bits per heavy atom. The molecule has 0 heterocycles. The summed E-state index contributed by atoms with van der Waals surface area (Å²) in [7, 11) is 0. The van der Waals surface area contributed by atoms with Crippen LogP contribution >= 0.6 is 0 Å². The molecule has 25 heavy (non-hydrogen) atoms. The van der Waals surface area contributed by atoms with E-state index < -0.39 is 0 Å². The summed E-state index contributed by atoms with van der Waals surface area (Å²) in [6.45, 7) is 9.56. The van der Waals surface area contributed by atoms with Crippen LogP contribution in [0.5, 0.6) is 0 Å². The van der Waals surface area contributed by atoms with Gasteiger partial charge in [-0.3, -0.25) is 20.2 Å². The highest BCUT2D eigenvalue weighted by atomic mass is 16.6. The van der Waals surface area contributed by atoms with Gasteiger partial charge in [0.15, 0.2) is 12.5 Å². The summed E-state index contributed by atoms with van der Waals surface area (Å²) in [5.41, 5.74) is 0. The number of hydrogen-bond acceptors (Lipinski definition) is 6. The highest BCUT2D eigenvalue weighted by Crippen LogP contribution is 2.10.